The van der Waals surface area contributed by atoms with E-state index in [9.17, 15) is 0 Å². The molecule has 1 saturated heterocycles. The summed E-state index contributed by atoms with van der Waals surface area (Å²) in [6.45, 7) is 0.129. The van der Waals surface area contributed by atoms with Gasteiger partial charge in [-0.3, -0.25) is 0 Å². The van der Waals surface area contributed by atoms with E-state index in [1.165, 1.54) is 21.5 Å². The van der Waals surface area contributed by atoms with E-state index in [4.69, 9.17) is 72.6 Å². The van der Waals surface area contributed by atoms with Crippen molar-refractivity contribution in [2.45, 2.75) is 42.4 Å². The number of hydrogen-bond donors (Lipinski definition) is 0. The van der Waals surface area contributed by atoms with Crippen LogP contribution in [0.1, 0.15) is 16.7 Å². The topological polar surface area (TPSA) is 46.2 Å². The molecule has 0 unspecified atom stereocenters. The summed E-state index contributed by atoms with van der Waals surface area (Å²) in [5, 5.41) is 5.81. The van der Waals surface area contributed by atoms with Crippen molar-refractivity contribution < 1.29 is 23.7 Å². The van der Waals surface area contributed by atoms with Gasteiger partial charge in [0.05, 0.1) is 6.61 Å². The molecule has 1 aliphatic rings. The molecule has 4 atom stereocenters. The smallest absolute Gasteiger partial charge is 0.186 e. The first-order valence-corrected chi connectivity index (χ1v) is 14.6. The van der Waals surface area contributed by atoms with Gasteiger partial charge in [0.25, 0.3) is 0 Å². The number of ether oxygens (including phenoxy) is 5. The highest BCUT2D eigenvalue weighted by molar-refractivity contribution is 7.81. The maximum Gasteiger partial charge on any atom is 0.186 e. The summed E-state index contributed by atoms with van der Waals surface area (Å²) in [5.74, 6) is 0. The fourth-order valence-corrected chi connectivity index (χ4v) is 5.62. The Balaban J connectivity index is 1.76. The zero-order valence-corrected chi connectivity index (χ0v) is 25.1. The molecule has 9 heteroatoms. The lowest BCUT2D eigenvalue weighted by atomic mass is 9.80. The normalized spacial score (nSPS) is 20.9. The Morgan fingerprint density at radius 2 is 1.07 bits per heavy atom. The van der Waals surface area contributed by atoms with E-state index >= 15 is 0 Å². The molecule has 0 amide bonds. The highest BCUT2D eigenvalue weighted by atomic mass is 32.1. The van der Waals surface area contributed by atoms with Gasteiger partial charge < -0.3 is 23.7 Å². The predicted octanol–water partition coefficient (Wildman–Crippen LogP) is 5.87. The van der Waals surface area contributed by atoms with Crippen LogP contribution in [0.15, 0.2) is 91.0 Å². The fourth-order valence-electron chi connectivity index (χ4n) is 4.86. The third-order valence-corrected chi connectivity index (χ3v) is 7.74. The van der Waals surface area contributed by atoms with Gasteiger partial charge in [-0.05, 0) is 16.7 Å². The van der Waals surface area contributed by atoms with Gasteiger partial charge in [-0.25, -0.2) is 0 Å². The zero-order valence-electron chi connectivity index (χ0n) is 21.8. The van der Waals surface area contributed by atoms with Crippen LogP contribution in [0.4, 0.5) is 0 Å². The summed E-state index contributed by atoms with van der Waals surface area (Å²) in [7, 11) is 1.54. The van der Waals surface area contributed by atoms with E-state index < -0.39 is 42.4 Å². The molecule has 0 radical (unpaired) electrons. The average Bonchev–Trinajstić information content (AvgIpc) is 3.35. The first kappa shape index (κ1) is 30.8. The van der Waals surface area contributed by atoms with Crippen LogP contribution >= 0.6 is 48.9 Å². The summed E-state index contributed by atoms with van der Waals surface area (Å²) >= 11 is 20.5. The average molecular weight is 611 g/mol. The molecular weight excluding hydrogens is 581 g/mol. The summed E-state index contributed by atoms with van der Waals surface area (Å²) in [6.07, 6.45) is -3.87. The van der Waals surface area contributed by atoms with E-state index in [-0.39, 0.29) is 6.61 Å². The van der Waals surface area contributed by atoms with E-state index in [0.717, 1.165) is 16.7 Å². The third-order valence-electron chi connectivity index (χ3n) is 6.67. The number of rotatable bonds is 15. The van der Waals surface area contributed by atoms with Gasteiger partial charge in [-0.15, -0.1) is 0 Å². The minimum Gasteiger partial charge on any atom is -0.359 e. The molecule has 0 aliphatic carbocycles. The Labute approximate surface area is 256 Å². The Bertz CT molecular complexity index is 1130. The van der Waals surface area contributed by atoms with Crippen LogP contribution in [0.5, 0.6) is 0 Å². The van der Waals surface area contributed by atoms with Gasteiger partial charge in [0.1, 0.15) is 36.1 Å². The van der Waals surface area contributed by atoms with Crippen molar-refractivity contribution in [1.29, 1.82) is 0 Å². The van der Waals surface area contributed by atoms with Gasteiger partial charge in [-0.1, -0.05) is 140 Å². The second-order valence-electron chi connectivity index (χ2n) is 9.04. The first-order chi connectivity index (χ1) is 19.6. The molecule has 0 bridgehead atoms. The number of benzene rings is 3. The molecule has 0 N–H and O–H groups in total. The van der Waals surface area contributed by atoms with Crippen LogP contribution in [0.25, 0.3) is 0 Å². The Morgan fingerprint density at radius 1 is 0.675 bits per heavy atom. The molecule has 4 rings (SSSR count). The van der Waals surface area contributed by atoms with Crippen LogP contribution in [-0.4, -0.2) is 72.0 Å². The van der Waals surface area contributed by atoms with Crippen molar-refractivity contribution >= 4 is 70.3 Å². The molecule has 40 heavy (non-hydrogen) atoms. The van der Waals surface area contributed by atoms with Crippen molar-refractivity contribution in [2.75, 3.05) is 13.7 Å². The Kier molecular flexibility index (Phi) is 11.7. The van der Waals surface area contributed by atoms with Crippen molar-refractivity contribution in [3.05, 3.63) is 108 Å². The summed E-state index contributed by atoms with van der Waals surface area (Å²) < 4.78 is 31.5. The van der Waals surface area contributed by atoms with Crippen molar-refractivity contribution in [3.8, 4) is 0 Å². The lowest BCUT2D eigenvalue weighted by Crippen LogP contribution is -2.45. The minimum atomic E-state index is -0.946. The molecule has 1 fully saturated rings. The standard InChI is InChI=1S/C31H30O5S4/c1-32-30-29(35-26(20-39)21-40)28(34-25(18-37)19-38)27(36-30)17-33-31(22-11-5-2-6-12-22,23-13-7-3-8-14-23)24-15-9-4-10-16-24/h2-16,18-21,25-30H,17H2,1H3/t27-,28+,29-,30+/m1/s1. The van der Waals surface area contributed by atoms with Crippen LogP contribution in [0.3, 0.4) is 0 Å². The summed E-state index contributed by atoms with van der Waals surface area (Å²) in [4.78, 5) is 0. The van der Waals surface area contributed by atoms with Gasteiger partial charge in [0.15, 0.2) is 6.29 Å². The molecule has 1 heterocycles. The molecule has 3 aromatic rings. The van der Waals surface area contributed by atoms with Crippen molar-refractivity contribution in [3.63, 3.8) is 0 Å². The molecule has 3 aromatic carbocycles. The molecule has 0 spiro atoms. The summed E-state index contributed by atoms with van der Waals surface area (Å²) in [5.41, 5.74) is 1.96. The second kappa shape index (κ2) is 15.2. The van der Waals surface area contributed by atoms with Gasteiger partial charge in [0.2, 0.25) is 0 Å². The van der Waals surface area contributed by atoms with Crippen LogP contribution in [0, 0.1) is 0 Å². The number of hydrogen-bond acceptors (Lipinski definition) is 9. The second-order valence-corrected chi connectivity index (χ2v) is 10.1. The summed E-state index contributed by atoms with van der Waals surface area (Å²) in [6, 6.07) is 30.3. The van der Waals surface area contributed by atoms with Crippen molar-refractivity contribution in [2.24, 2.45) is 0 Å². The van der Waals surface area contributed by atoms with E-state index in [1.54, 1.807) is 7.11 Å². The first-order valence-electron chi connectivity index (χ1n) is 12.7. The lowest BCUT2D eigenvalue weighted by Gasteiger charge is -2.37. The van der Waals surface area contributed by atoms with Gasteiger partial charge >= 0.3 is 0 Å². The minimum absolute atomic E-state index is 0.129. The van der Waals surface area contributed by atoms with E-state index in [1.807, 2.05) is 54.6 Å². The predicted molar refractivity (Wildman–Crippen MR) is 173 cm³/mol. The number of thiocarbonyl (C=S) groups is 4. The molecule has 0 saturated carbocycles. The molecule has 208 valence electrons. The third kappa shape index (κ3) is 6.82. The largest absolute Gasteiger partial charge is 0.359 e. The van der Waals surface area contributed by atoms with Gasteiger partial charge in [0, 0.05) is 28.6 Å². The van der Waals surface area contributed by atoms with E-state index in [2.05, 4.69) is 36.4 Å². The fraction of sp³-hybridized carbons (Fsp3) is 0.290. The van der Waals surface area contributed by atoms with Crippen LogP contribution in [-0.2, 0) is 29.3 Å². The van der Waals surface area contributed by atoms with Gasteiger partial charge in [-0.2, -0.15) is 0 Å². The number of methoxy groups -OCH3 is 1. The van der Waals surface area contributed by atoms with Crippen molar-refractivity contribution in [1.82, 2.24) is 0 Å². The molecular formula is C31H30O5S4. The SMILES string of the molecule is CO[C@H]1O[C@H](COC(c2ccccc2)(c2ccccc2)c2ccccc2)[C@H](OC(C=S)C=S)[C@H]1OC(C=S)C=S. The maximum absolute atomic E-state index is 7.00. The van der Waals surface area contributed by atoms with Crippen LogP contribution < -0.4 is 0 Å². The maximum atomic E-state index is 7.00. The Morgan fingerprint density at radius 3 is 1.45 bits per heavy atom. The zero-order chi connectivity index (χ0) is 28.4. The highest BCUT2D eigenvalue weighted by Gasteiger charge is 2.49. The molecule has 1 aliphatic heterocycles. The quantitative estimate of drug-likeness (QED) is 0.155. The lowest BCUT2D eigenvalue weighted by molar-refractivity contribution is -0.171. The molecule has 0 aromatic heterocycles. The Hall–Kier alpha value is -2.18. The monoisotopic (exact) mass is 610 g/mol. The van der Waals surface area contributed by atoms with Crippen LogP contribution in [0.2, 0.25) is 0 Å². The molecule has 5 nitrogen and oxygen atoms in total. The highest BCUT2D eigenvalue weighted by Crippen LogP contribution is 2.41. The van der Waals surface area contributed by atoms with E-state index in [0.29, 0.717) is 0 Å².